The lowest BCUT2D eigenvalue weighted by Gasteiger charge is -2.34. The summed E-state index contributed by atoms with van der Waals surface area (Å²) in [6, 6.07) is 0.340. The van der Waals surface area contributed by atoms with Gasteiger partial charge in [-0.05, 0) is 32.4 Å². The van der Waals surface area contributed by atoms with E-state index in [0.29, 0.717) is 12.0 Å². The normalized spacial score (nSPS) is 27.6. The molecule has 1 saturated carbocycles. The number of nitrogens with zero attached hydrogens (tertiary/aromatic N) is 1. The Morgan fingerprint density at radius 3 is 2.53 bits per heavy atom. The van der Waals surface area contributed by atoms with Gasteiger partial charge in [0.25, 0.3) is 10.1 Å². The molecule has 1 aliphatic rings. The minimum Gasteiger partial charge on any atom is -0.280 e. The van der Waals surface area contributed by atoms with E-state index in [1.54, 1.807) is 11.8 Å². The van der Waals surface area contributed by atoms with Crippen LogP contribution >= 0.6 is 11.8 Å². The fraction of sp³-hybridized carbons (Fsp3) is 0.909. The molecule has 4 nitrogen and oxygen atoms in total. The van der Waals surface area contributed by atoms with E-state index in [1.165, 1.54) is 0 Å². The Morgan fingerprint density at radius 2 is 2.12 bits per heavy atom. The Labute approximate surface area is 108 Å². The first kappa shape index (κ1) is 15.0. The molecule has 0 heterocycles. The van der Waals surface area contributed by atoms with Gasteiger partial charge in [-0.2, -0.15) is 8.42 Å². The molecule has 1 unspecified atom stereocenters. The summed E-state index contributed by atoms with van der Waals surface area (Å²) in [5.74, 6) is 0.380. The summed E-state index contributed by atoms with van der Waals surface area (Å²) >= 11 is 1.66. The first-order valence-electron chi connectivity index (χ1n) is 5.85. The Morgan fingerprint density at radius 1 is 1.53 bits per heavy atom. The lowest BCUT2D eigenvalue weighted by atomic mass is 9.83. The summed E-state index contributed by atoms with van der Waals surface area (Å²) in [4.78, 5) is 4.64. The molecule has 0 aliphatic heterocycles. The first-order chi connectivity index (χ1) is 7.85. The lowest BCUT2D eigenvalue weighted by Crippen LogP contribution is -2.37. The molecular weight excluding hydrogens is 258 g/mol. The third-order valence-corrected chi connectivity index (χ3v) is 4.38. The summed E-state index contributed by atoms with van der Waals surface area (Å²) in [5.41, 5.74) is 0. The number of hydrogen-bond acceptors (Lipinski definition) is 5. The average molecular weight is 279 g/mol. The first-order valence-corrected chi connectivity index (χ1v) is 8.89. The molecule has 0 aromatic rings. The molecule has 1 rings (SSSR count). The van der Waals surface area contributed by atoms with E-state index in [1.807, 2.05) is 6.26 Å². The molecular formula is C11H21NO3S2. The van der Waals surface area contributed by atoms with Gasteiger partial charge >= 0.3 is 0 Å². The Balaban J connectivity index is 2.47. The van der Waals surface area contributed by atoms with Crippen molar-refractivity contribution in [2.75, 3.05) is 12.5 Å². The Hall–Kier alpha value is -0.0700. The van der Waals surface area contributed by atoms with Crippen molar-refractivity contribution in [3.8, 4) is 0 Å². The van der Waals surface area contributed by atoms with E-state index in [2.05, 4.69) is 18.8 Å². The van der Waals surface area contributed by atoms with Gasteiger partial charge in [-0.3, -0.25) is 9.18 Å². The van der Waals surface area contributed by atoms with Gasteiger partial charge in [0, 0.05) is 12.0 Å². The van der Waals surface area contributed by atoms with Crippen molar-refractivity contribution in [3.63, 3.8) is 0 Å². The molecule has 1 fully saturated rings. The SMILES string of the molecule is CCC(C)/N=C(\SC)C1CC(OS(C)(=O)=O)C1. The van der Waals surface area contributed by atoms with Crippen molar-refractivity contribution in [2.24, 2.45) is 10.9 Å². The third kappa shape index (κ3) is 4.97. The number of aliphatic imine (C=N–C) groups is 1. The molecule has 1 aliphatic carbocycles. The fourth-order valence-corrected chi connectivity index (χ4v) is 3.19. The summed E-state index contributed by atoms with van der Waals surface area (Å²) in [7, 11) is -3.31. The van der Waals surface area contributed by atoms with Crippen LogP contribution in [0.5, 0.6) is 0 Å². The molecule has 6 heteroatoms. The second-order valence-electron chi connectivity index (χ2n) is 4.52. The van der Waals surface area contributed by atoms with Crippen molar-refractivity contribution < 1.29 is 12.6 Å². The van der Waals surface area contributed by atoms with Crippen LogP contribution in [0.4, 0.5) is 0 Å². The van der Waals surface area contributed by atoms with E-state index in [9.17, 15) is 8.42 Å². The van der Waals surface area contributed by atoms with Crippen LogP contribution in [-0.2, 0) is 14.3 Å². The molecule has 0 aromatic heterocycles. The quantitative estimate of drug-likeness (QED) is 0.440. The van der Waals surface area contributed by atoms with Gasteiger partial charge in [-0.1, -0.05) is 6.92 Å². The van der Waals surface area contributed by atoms with Gasteiger partial charge in [0.2, 0.25) is 0 Å². The molecule has 1 atom stereocenters. The summed E-state index contributed by atoms with van der Waals surface area (Å²) in [5, 5.41) is 1.13. The third-order valence-electron chi connectivity index (χ3n) is 2.90. The second-order valence-corrected chi connectivity index (χ2v) is 6.95. The van der Waals surface area contributed by atoms with Gasteiger partial charge in [-0.25, -0.2) is 0 Å². The lowest BCUT2D eigenvalue weighted by molar-refractivity contribution is 0.103. The molecule has 0 aromatic carbocycles. The number of hydrogen-bond donors (Lipinski definition) is 0. The highest BCUT2D eigenvalue weighted by Crippen LogP contribution is 2.35. The van der Waals surface area contributed by atoms with E-state index in [0.717, 1.165) is 30.6 Å². The predicted octanol–water partition coefficient (Wildman–Crippen LogP) is 2.30. The van der Waals surface area contributed by atoms with E-state index in [-0.39, 0.29) is 6.10 Å². The van der Waals surface area contributed by atoms with Crippen LogP contribution in [0.3, 0.4) is 0 Å². The van der Waals surface area contributed by atoms with Crippen molar-refractivity contribution in [2.45, 2.75) is 45.3 Å². The van der Waals surface area contributed by atoms with E-state index >= 15 is 0 Å². The van der Waals surface area contributed by atoms with Gasteiger partial charge in [0.1, 0.15) is 0 Å². The topological polar surface area (TPSA) is 55.7 Å². The molecule has 100 valence electrons. The smallest absolute Gasteiger partial charge is 0.264 e. The molecule has 0 saturated heterocycles. The van der Waals surface area contributed by atoms with Crippen LogP contribution < -0.4 is 0 Å². The second kappa shape index (κ2) is 6.20. The summed E-state index contributed by atoms with van der Waals surface area (Å²) in [6.07, 6.45) is 5.53. The van der Waals surface area contributed by atoms with Crippen LogP contribution in [-0.4, -0.2) is 38.1 Å². The van der Waals surface area contributed by atoms with E-state index < -0.39 is 10.1 Å². The average Bonchev–Trinajstić information content (AvgIpc) is 2.18. The largest absolute Gasteiger partial charge is 0.280 e. The molecule has 0 bridgehead atoms. The van der Waals surface area contributed by atoms with Crippen LogP contribution in [0.1, 0.15) is 33.1 Å². The van der Waals surface area contributed by atoms with Gasteiger partial charge in [-0.15, -0.1) is 11.8 Å². The van der Waals surface area contributed by atoms with Crippen LogP contribution in [0.15, 0.2) is 4.99 Å². The summed E-state index contributed by atoms with van der Waals surface area (Å²) < 4.78 is 26.8. The van der Waals surface area contributed by atoms with Crippen LogP contribution in [0.25, 0.3) is 0 Å². The molecule has 17 heavy (non-hydrogen) atoms. The fourth-order valence-electron chi connectivity index (χ4n) is 1.73. The van der Waals surface area contributed by atoms with Crippen molar-refractivity contribution in [1.29, 1.82) is 0 Å². The molecule has 0 N–H and O–H groups in total. The highest BCUT2D eigenvalue weighted by Gasteiger charge is 2.35. The highest BCUT2D eigenvalue weighted by atomic mass is 32.2. The molecule has 0 amide bonds. The summed E-state index contributed by atoms with van der Waals surface area (Å²) in [6.45, 7) is 4.21. The van der Waals surface area contributed by atoms with E-state index in [4.69, 9.17) is 4.18 Å². The van der Waals surface area contributed by atoms with Crippen LogP contribution in [0, 0.1) is 5.92 Å². The maximum atomic E-state index is 10.9. The zero-order chi connectivity index (χ0) is 13.1. The zero-order valence-electron chi connectivity index (χ0n) is 10.8. The predicted molar refractivity (Wildman–Crippen MR) is 73.1 cm³/mol. The van der Waals surface area contributed by atoms with Gasteiger partial charge in [0.15, 0.2) is 0 Å². The Kier molecular flexibility index (Phi) is 5.47. The maximum absolute atomic E-state index is 10.9. The zero-order valence-corrected chi connectivity index (χ0v) is 12.5. The van der Waals surface area contributed by atoms with Crippen molar-refractivity contribution >= 4 is 26.9 Å². The number of rotatable bonds is 5. The standard InChI is InChI=1S/C11H21NO3S2/c1-5-8(2)12-11(16-3)9-6-10(7-9)15-17(4,13)14/h8-10H,5-7H2,1-4H3/b12-11-. The minimum atomic E-state index is -3.31. The molecule has 0 spiro atoms. The van der Waals surface area contributed by atoms with Crippen LogP contribution in [0.2, 0.25) is 0 Å². The van der Waals surface area contributed by atoms with Gasteiger partial charge in [0.05, 0.1) is 17.4 Å². The Bertz CT molecular complexity index is 372. The highest BCUT2D eigenvalue weighted by molar-refractivity contribution is 8.13. The number of thioether (sulfide) groups is 1. The van der Waals surface area contributed by atoms with Gasteiger partial charge < -0.3 is 0 Å². The van der Waals surface area contributed by atoms with Crippen molar-refractivity contribution in [3.05, 3.63) is 0 Å². The molecule has 0 radical (unpaired) electrons. The monoisotopic (exact) mass is 279 g/mol. The van der Waals surface area contributed by atoms with Crippen molar-refractivity contribution in [1.82, 2.24) is 0 Å². The maximum Gasteiger partial charge on any atom is 0.264 e. The minimum absolute atomic E-state index is 0.149.